The highest BCUT2D eigenvalue weighted by Gasteiger charge is 2.44. The van der Waals surface area contributed by atoms with Crippen LogP contribution in [0.25, 0.3) is 0 Å². The summed E-state index contributed by atoms with van der Waals surface area (Å²) in [7, 11) is -3.76. The van der Waals surface area contributed by atoms with Crippen molar-refractivity contribution in [3.63, 3.8) is 0 Å². The molecule has 4 aliphatic rings. The van der Waals surface area contributed by atoms with E-state index in [0.29, 0.717) is 52.9 Å². The Hall–Kier alpha value is -3.39. The summed E-state index contributed by atoms with van der Waals surface area (Å²) < 4.78 is 66.4. The van der Waals surface area contributed by atoms with Crippen LogP contribution in [-0.2, 0) is 10.0 Å². The number of aliphatic hydroxyl groups is 1. The molecule has 3 aliphatic heterocycles. The number of rotatable bonds is 8. The molecule has 42 heavy (non-hydrogen) atoms. The first kappa shape index (κ1) is 28.7. The Kier molecular flexibility index (Phi) is 7.54. The number of piperidine rings is 2. The quantitative estimate of drug-likeness (QED) is 0.413. The first-order chi connectivity index (χ1) is 20.1. The molecule has 6 rings (SSSR count). The van der Waals surface area contributed by atoms with Gasteiger partial charge in [-0.1, -0.05) is 0 Å². The summed E-state index contributed by atoms with van der Waals surface area (Å²) in [4.78, 5) is 22.1. The molecule has 2 aromatic rings. The van der Waals surface area contributed by atoms with Crippen LogP contribution in [0.5, 0.6) is 11.5 Å². The van der Waals surface area contributed by atoms with Crippen molar-refractivity contribution in [3.8, 4) is 11.5 Å². The first-order valence-electron chi connectivity index (χ1n) is 14.3. The van der Waals surface area contributed by atoms with E-state index in [-0.39, 0.29) is 31.7 Å². The molecular weight excluding hydrogens is 572 g/mol. The summed E-state index contributed by atoms with van der Waals surface area (Å²) in [5, 5.41) is 12.0. The van der Waals surface area contributed by atoms with E-state index in [0.717, 1.165) is 25.9 Å². The van der Waals surface area contributed by atoms with Crippen LogP contribution in [0, 0.1) is 5.41 Å². The van der Waals surface area contributed by atoms with E-state index in [1.165, 1.54) is 18.9 Å². The molecule has 14 heteroatoms. The van der Waals surface area contributed by atoms with Gasteiger partial charge < -0.3 is 29.7 Å². The molecule has 3 fully saturated rings. The molecule has 1 amide bonds. The van der Waals surface area contributed by atoms with Crippen molar-refractivity contribution in [3.05, 3.63) is 29.8 Å². The van der Waals surface area contributed by atoms with E-state index in [2.05, 4.69) is 19.9 Å². The zero-order chi connectivity index (χ0) is 29.5. The molecule has 1 spiro atoms. The molecule has 1 aromatic heterocycles. The molecule has 0 radical (unpaired) electrons. The van der Waals surface area contributed by atoms with Gasteiger partial charge in [-0.3, -0.25) is 9.52 Å². The lowest BCUT2D eigenvalue weighted by atomic mass is 9.93. The summed E-state index contributed by atoms with van der Waals surface area (Å²) in [6, 6.07) is 6.28. The van der Waals surface area contributed by atoms with Crippen molar-refractivity contribution in [1.29, 1.82) is 0 Å². The number of carbonyl (C=O) groups excluding carboxylic acids is 1. The number of halogens is 2. The van der Waals surface area contributed by atoms with Gasteiger partial charge in [0.2, 0.25) is 15.8 Å². The average molecular weight is 608 g/mol. The number of aromatic nitrogens is 1. The van der Waals surface area contributed by atoms with Crippen LogP contribution >= 0.6 is 0 Å². The third-order valence-corrected chi connectivity index (χ3v) is 9.81. The van der Waals surface area contributed by atoms with Gasteiger partial charge in [-0.2, -0.15) is 0 Å². The summed E-state index contributed by atoms with van der Waals surface area (Å²) in [6.45, 7) is 1.73. The maximum atomic E-state index is 13.9. The fourth-order valence-electron chi connectivity index (χ4n) is 5.84. The monoisotopic (exact) mass is 607 g/mol. The number of nitrogens with one attached hydrogen (secondary N) is 2. The van der Waals surface area contributed by atoms with Gasteiger partial charge in [-0.05, 0) is 49.3 Å². The fourth-order valence-corrected chi connectivity index (χ4v) is 6.67. The predicted molar refractivity (Wildman–Crippen MR) is 154 cm³/mol. The molecule has 4 heterocycles. The van der Waals surface area contributed by atoms with Crippen molar-refractivity contribution in [2.45, 2.75) is 44.4 Å². The van der Waals surface area contributed by atoms with Crippen LogP contribution in [0.15, 0.2) is 24.3 Å². The van der Waals surface area contributed by atoms with E-state index in [1.54, 1.807) is 23.1 Å². The van der Waals surface area contributed by atoms with E-state index in [1.807, 2.05) is 0 Å². The Balaban J connectivity index is 1.29. The predicted octanol–water partition coefficient (Wildman–Crippen LogP) is 3.46. The zero-order valence-electron chi connectivity index (χ0n) is 23.2. The maximum absolute atomic E-state index is 13.9. The van der Waals surface area contributed by atoms with E-state index < -0.39 is 34.2 Å². The minimum Gasteiger partial charge on any atom is -0.486 e. The third-order valence-electron chi connectivity index (χ3n) is 8.54. The lowest BCUT2D eigenvalue weighted by Gasteiger charge is -2.35. The average Bonchev–Trinajstić information content (AvgIpc) is 3.71. The second-order valence-corrected chi connectivity index (χ2v) is 13.4. The standard InChI is InChI=1S/C28H35F2N5O6S/c29-28(30)7-11-35(12-8-28)25-24-22(40-14-15-41-24)18-23(31-25)32-26(37)20-2-1-19(33-42(38,39)16-13-36)17-21(20)34-9-5-27(3-4-27)6-10-34/h1-2,17-18,33,36H,3-16H2,(H,31,32,37). The molecule has 1 saturated carbocycles. The number of hydrogen-bond donors (Lipinski definition) is 3. The van der Waals surface area contributed by atoms with Crippen molar-refractivity contribution in [2.24, 2.45) is 5.41 Å². The number of benzene rings is 1. The molecule has 0 bridgehead atoms. The molecule has 228 valence electrons. The fraction of sp³-hybridized carbons (Fsp3) is 0.571. The highest BCUT2D eigenvalue weighted by molar-refractivity contribution is 7.92. The molecule has 0 atom stereocenters. The minimum absolute atomic E-state index is 0.0848. The zero-order valence-corrected chi connectivity index (χ0v) is 24.0. The Bertz CT molecular complexity index is 1450. The number of aliphatic hydroxyl groups excluding tert-OH is 1. The number of hydrogen-bond acceptors (Lipinski definition) is 9. The molecule has 1 aromatic carbocycles. The molecule has 0 unspecified atom stereocenters. The Morgan fingerprint density at radius 1 is 0.976 bits per heavy atom. The van der Waals surface area contributed by atoms with Crippen LogP contribution in [0.4, 0.5) is 31.8 Å². The van der Waals surface area contributed by atoms with E-state index in [4.69, 9.17) is 14.6 Å². The van der Waals surface area contributed by atoms with Crippen molar-refractivity contribution in [1.82, 2.24) is 4.98 Å². The highest BCUT2D eigenvalue weighted by Crippen LogP contribution is 2.54. The number of ether oxygens (including phenoxy) is 2. The van der Waals surface area contributed by atoms with Crippen molar-refractivity contribution in [2.75, 3.05) is 71.6 Å². The summed E-state index contributed by atoms with van der Waals surface area (Å²) >= 11 is 0. The molecule has 1 aliphatic carbocycles. The van der Waals surface area contributed by atoms with Crippen molar-refractivity contribution < 1.29 is 36.6 Å². The first-order valence-corrected chi connectivity index (χ1v) is 16.0. The van der Waals surface area contributed by atoms with E-state index in [9.17, 15) is 22.0 Å². The lowest BCUT2D eigenvalue weighted by Crippen LogP contribution is -2.40. The van der Waals surface area contributed by atoms with Gasteiger partial charge in [0, 0.05) is 45.1 Å². The van der Waals surface area contributed by atoms with Gasteiger partial charge in [0.15, 0.2) is 11.6 Å². The number of pyridine rings is 1. The number of carbonyl (C=O) groups is 1. The highest BCUT2D eigenvalue weighted by atomic mass is 32.2. The number of amides is 1. The topological polar surface area (TPSA) is 133 Å². The molecular formula is C28H35F2N5O6S. The third kappa shape index (κ3) is 6.19. The Morgan fingerprint density at radius 3 is 2.36 bits per heavy atom. The van der Waals surface area contributed by atoms with Gasteiger partial charge in [0.05, 0.1) is 29.3 Å². The second-order valence-electron chi connectivity index (χ2n) is 11.5. The van der Waals surface area contributed by atoms with Gasteiger partial charge >= 0.3 is 0 Å². The molecule has 3 N–H and O–H groups in total. The van der Waals surface area contributed by atoms with Crippen LogP contribution < -0.4 is 29.3 Å². The van der Waals surface area contributed by atoms with Crippen LogP contribution in [0.3, 0.4) is 0 Å². The minimum atomic E-state index is -3.76. The lowest BCUT2D eigenvalue weighted by molar-refractivity contribution is -0.0222. The Labute approximate surface area is 243 Å². The van der Waals surface area contributed by atoms with Gasteiger partial charge in [-0.25, -0.2) is 22.2 Å². The second kappa shape index (κ2) is 11.0. The Morgan fingerprint density at radius 2 is 1.67 bits per heavy atom. The largest absolute Gasteiger partial charge is 0.486 e. The van der Waals surface area contributed by atoms with Crippen molar-refractivity contribution >= 4 is 38.9 Å². The van der Waals surface area contributed by atoms with Gasteiger partial charge in [0.1, 0.15) is 19.0 Å². The SMILES string of the molecule is O=C(Nc1cc2c(c(N3CCC(F)(F)CC3)n1)OCCO2)c1ccc(NS(=O)(=O)CCO)cc1N1CCC2(CC1)CC2. The van der Waals surface area contributed by atoms with Crippen LogP contribution in [-0.4, -0.2) is 82.1 Å². The van der Waals surface area contributed by atoms with Gasteiger partial charge in [0.25, 0.3) is 11.8 Å². The molecule has 2 saturated heterocycles. The number of fused-ring (bicyclic) bond motifs is 1. The summed E-state index contributed by atoms with van der Waals surface area (Å²) in [5.74, 6) is -2.36. The summed E-state index contributed by atoms with van der Waals surface area (Å²) in [6.07, 6.45) is 3.79. The number of nitrogens with zero attached hydrogens (tertiary/aromatic N) is 3. The van der Waals surface area contributed by atoms with Crippen LogP contribution in [0.2, 0.25) is 0 Å². The number of anilines is 4. The van der Waals surface area contributed by atoms with Crippen LogP contribution in [0.1, 0.15) is 48.9 Å². The smallest absolute Gasteiger partial charge is 0.258 e. The maximum Gasteiger partial charge on any atom is 0.258 e. The number of alkyl halides is 2. The normalized spacial score (nSPS) is 20.7. The number of sulfonamides is 1. The summed E-state index contributed by atoms with van der Waals surface area (Å²) in [5.41, 5.74) is 1.61. The van der Waals surface area contributed by atoms with E-state index >= 15 is 0 Å². The van der Waals surface area contributed by atoms with Gasteiger partial charge in [-0.15, -0.1) is 0 Å². The molecule has 11 nitrogen and oxygen atoms in total.